The van der Waals surface area contributed by atoms with Gasteiger partial charge in [0.05, 0.1) is 7.11 Å². The topological polar surface area (TPSA) is 87.7 Å². The van der Waals surface area contributed by atoms with Gasteiger partial charge in [-0.15, -0.1) is 0 Å². The molecule has 7 heteroatoms. The Morgan fingerprint density at radius 1 is 1.06 bits per heavy atom. The average molecular weight is 450 g/mol. The number of nitrogens with one attached hydrogen (secondary N) is 2. The third-order valence-corrected chi connectivity index (χ3v) is 5.58. The Bertz CT molecular complexity index is 995. The third-order valence-electron chi connectivity index (χ3n) is 5.58. The molecule has 1 atom stereocenters. The lowest BCUT2D eigenvalue weighted by Gasteiger charge is -2.26. The second-order valence-electron chi connectivity index (χ2n) is 8.11. The Kier molecular flexibility index (Phi) is 8.63. The minimum absolute atomic E-state index is 0.0344. The molecular formula is C26H31N3O4. The molecular weight excluding hydrogens is 418 g/mol. The molecule has 0 radical (unpaired) electrons. The SMILES string of the molecule is COc1ccc(C=CC(=O)NC(C)C(=O)NCc2cccc(C(=O)N3CCCCC3)c2)cc1. The molecule has 0 aliphatic carbocycles. The van der Waals surface area contributed by atoms with E-state index in [1.54, 1.807) is 26.2 Å². The molecule has 1 aliphatic heterocycles. The molecule has 2 aromatic rings. The largest absolute Gasteiger partial charge is 0.497 e. The number of methoxy groups -OCH3 is 1. The summed E-state index contributed by atoms with van der Waals surface area (Å²) in [4.78, 5) is 39.2. The maximum Gasteiger partial charge on any atom is 0.253 e. The summed E-state index contributed by atoms with van der Waals surface area (Å²) >= 11 is 0. The van der Waals surface area contributed by atoms with Gasteiger partial charge in [-0.1, -0.05) is 24.3 Å². The number of carbonyl (C=O) groups excluding carboxylic acids is 3. The number of carbonyl (C=O) groups is 3. The fourth-order valence-electron chi connectivity index (χ4n) is 3.65. The zero-order valence-corrected chi connectivity index (χ0v) is 19.2. The van der Waals surface area contributed by atoms with Crippen LogP contribution in [0.5, 0.6) is 5.75 Å². The molecule has 0 aromatic heterocycles. The van der Waals surface area contributed by atoms with E-state index in [4.69, 9.17) is 4.74 Å². The fourth-order valence-corrected chi connectivity index (χ4v) is 3.65. The highest BCUT2D eigenvalue weighted by Crippen LogP contribution is 2.15. The van der Waals surface area contributed by atoms with Gasteiger partial charge in [-0.05, 0) is 67.7 Å². The molecule has 2 N–H and O–H groups in total. The summed E-state index contributed by atoms with van der Waals surface area (Å²) in [6.07, 6.45) is 6.31. The molecule has 3 amide bonds. The van der Waals surface area contributed by atoms with Crippen molar-refractivity contribution in [3.63, 3.8) is 0 Å². The first kappa shape index (κ1) is 24.0. The minimum Gasteiger partial charge on any atom is -0.497 e. The van der Waals surface area contributed by atoms with E-state index in [-0.39, 0.29) is 24.3 Å². The molecule has 0 spiro atoms. The summed E-state index contributed by atoms with van der Waals surface area (Å²) in [5.41, 5.74) is 2.32. The van der Waals surface area contributed by atoms with Gasteiger partial charge in [0.15, 0.2) is 0 Å². The monoisotopic (exact) mass is 449 g/mol. The molecule has 1 fully saturated rings. The zero-order valence-electron chi connectivity index (χ0n) is 19.2. The number of nitrogens with zero attached hydrogens (tertiary/aromatic N) is 1. The molecule has 0 saturated carbocycles. The van der Waals surface area contributed by atoms with Gasteiger partial charge < -0.3 is 20.3 Å². The molecule has 2 aromatic carbocycles. The first-order valence-corrected chi connectivity index (χ1v) is 11.2. The fraction of sp³-hybridized carbons (Fsp3) is 0.346. The summed E-state index contributed by atoms with van der Waals surface area (Å²) in [6.45, 7) is 3.50. The van der Waals surface area contributed by atoms with Gasteiger partial charge in [0.1, 0.15) is 11.8 Å². The maximum atomic E-state index is 12.7. The number of amides is 3. The predicted octanol–water partition coefficient (Wildman–Crippen LogP) is 3.16. The van der Waals surface area contributed by atoms with Crippen LogP contribution in [-0.4, -0.2) is 48.9 Å². The van der Waals surface area contributed by atoms with Crippen molar-refractivity contribution in [1.29, 1.82) is 0 Å². The number of hydrogen-bond donors (Lipinski definition) is 2. The Labute approximate surface area is 194 Å². The highest BCUT2D eigenvalue weighted by atomic mass is 16.5. The van der Waals surface area contributed by atoms with Crippen molar-refractivity contribution in [3.05, 3.63) is 71.3 Å². The maximum absolute atomic E-state index is 12.7. The molecule has 0 bridgehead atoms. The lowest BCUT2D eigenvalue weighted by Crippen LogP contribution is -2.44. The van der Waals surface area contributed by atoms with Crippen molar-refractivity contribution in [2.24, 2.45) is 0 Å². The van der Waals surface area contributed by atoms with E-state index >= 15 is 0 Å². The van der Waals surface area contributed by atoms with Crippen LogP contribution in [0.3, 0.4) is 0 Å². The molecule has 174 valence electrons. The number of ether oxygens (including phenoxy) is 1. The van der Waals surface area contributed by atoms with Crippen molar-refractivity contribution >= 4 is 23.8 Å². The molecule has 1 aliphatic rings. The average Bonchev–Trinajstić information content (AvgIpc) is 2.86. The van der Waals surface area contributed by atoms with Crippen LogP contribution in [0.2, 0.25) is 0 Å². The van der Waals surface area contributed by atoms with Gasteiger partial charge >= 0.3 is 0 Å². The summed E-state index contributed by atoms with van der Waals surface area (Å²) < 4.78 is 5.11. The number of benzene rings is 2. The molecule has 1 saturated heterocycles. The lowest BCUT2D eigenvalue weighted by atomic mass is 10.1. The van der Waals surface area contributed by atoms with Gasteiger partial charge in [0.2, 0.25) is 11.8 Å². The van der Waals surface area contributed by atoms with E-state index in [0.29, 0.717) is 5.56 Å². The smallest absolute Gasteiger partial charge is 0.253 e. The normalized spacial score (nSPS) is 14.5. The van der Waals surface area contributed by atoms with E-state index in [0.717, 1.165) is 42.8 Å². The van der Waals surface area contributed by atoms with Crippen LogP contribution in [0.25, 0.3) is 6.08 Å². The van der Waals surface area contributed by atoms with Gasteiger partial charge in [-0.25, -0.2) is 0 Å². The van der Waals surface area contributed by atoms with Crippen molar-refractivity contribution in [3.8, 4) is 5.75 Å². The summed E-state index contributed by atoms with van der Waals surface area (Å²) in [5.74, 6) is 0.118. The first-order valence-electron chi connectivity index (χ1n) is 11.2. The number of likely N-dealkylation sites (tertiary alicyclic amines) is 1. The summed E-state index contributed by atoms with van der Waals surface area (Å²) in [7, 11) is 1.59. The number of rotatable bonds is 8. The Hall–Kier alpha value is -3.61. The van der Waals surface area contributed by atoms with E-state index in [9.17, 15) is 14.4 Å². The predicted molar refractivity (Wildman–Crippen MR) is 128 cm³/mol. The van der Waals surface area contributed by atoms with Crippen LogP contribution in [0.15, 0.2) is 54.6 Å². The zero-order chi connectivity index (χ0) is 23.6. The van der Waals surface area contributed by atoms with Crippen LogP contribution >= 0.6 is 0 Å². The highest BCUT2D eigenvalue weighted by Gasteiger charge is 2.19. The van der Waals surface area contributed by atoms with Crippen molar-refractivity contribution < 1.29 is 19.1 Å². The Morgan fingerprint density at radius 2 is 1.79 bits per heavy atom. The second-order valence-corrected chi connectivity index (χ2v) is 8.11. The molecule has 1 heterocycles. The third kappa shape index (κ3) is 7.20. The molecule has 3 rings (SSSR count). The van der Waals surface area contributed by atoms with Crippen molar-refractivity contribution in [2.45, 2.75) is 38.8 Å². The van der Waals surface area contributed by atoms with Gasteiger partial charge in [0.25, 0.3) is 5.91 Å². The standard InChI is InChI=1S/C26H31N3O4/c1-19(28-24(30)14-11-20-9-12-23(33-2)13-10-20)25(31)27-18-21-7-6-8-22(17-21)26(32)29-15-4-3-5-16-29/h6-14,17,19H,3-5,15-16,18H2,1-2H3,(H,27,31)(H,28,30). The van der Waals surface area contributed by atoms with E-state index in [1.165, 1.54) is 12.5 Å². The van der Waals surface area contributed by atoms with E-state index in [2.05, 4.69) is 10.6 Å². The molecule has 7 nitrogen and oxygen atoms in total. The van der Waals surface area contributed by atoms with E-state index < -0.39 is 6.04 Å². The molecule has 1 unspecified atom stereocenters. The van der Waals surface area contributed by atoms with Gasteiger partial charge in [0, 0.05) is 31.3 Å². The van der Waals surface area contributed by atoms with Crippen LogP contribution in [0.1, 0.15) is 47.7 Å². The van der Waals surface area contributed by atoms with Crippen molar-refractivity contribution in [2.75, 3.05) is 20.2 Å². The van der Waals surface area contributed by atoms with Crippen LogP contribution in [-0.2, 0) is 16.1 Å². The van der Waals surface area contributed by atoms with Crippen LogP contribution in [0, 0.1) is 0 Å². The Balaban J connectivity index is 1.48. The van der Waals surface area contributed by atoms with Gasteiger partial charge in [-0.3, -0.25) is 14.4 Å². The first-order chi connectivity index (χ1) is 16.0. The van der Waals surface area contributed by atoms with Crippen molar-refractivity contribution in [1.82, 2.24) is 15.5 Å². The van der Waals surface area contributed by atoms with E-state index in [1.807, 2.05) is 47.4 Å². The quantitative estimate of drug-likeness (QED) is 0.606. The lowest BCUT2D eigenvalue weighted by molar-refractivity contribution is -0.126. The highest BCUT2D eigenvalue weighted by molar-refractivity contribution is 5.95. The summed E-state index contributed by atoms with van der Waals surface area (Å²) in [5, 5.41) is 5.48. The molecule has 33 heavy (non-hydrogen) atoms. The number of hydrogen-bond acceptors (Lipinski definition) is 4. The Morgan fingerprint density at radius 3 is 2.48 bits per heavy atom. The summed E-state index contributed by atoms with van der Waals surface area (Å²) in [6, 6.07) is 13.9. The number of piperidine rings is 1. The minimum atomic E-state index is -0.698. The van der Waals surface area contributed by atoms with Crippen LogP contribution < -0.4 is 15.4 Å². The van der Waals surface area contributed by atoms with Gasteiger partial charge in [-0.2, -0.15) is 0 Å². The van der Waals surface area contributed by atoms with Crippen LogP contribution in [0.4, 0.5) is 0 Å². The second kappa shape index (κ2) is 11.9.